The third-order valence-corrected chi connectivity index (χ3v) is 7.16. The molecular formula is C14H15ClN2O3S2. The van der Waals surface area contributed by atoms with Gasteiger partial charge in [0.05, 0.1) is 17.5 Å². The zero-order valence-corrected chi connectivity index (χ0v) is 14.3. The Morgan fingerprint density at radius 2 is 2.05 bits per heavy atom. The van der Waals surface area contributed by atoms with Gasteiger partial charge in [0.1, 0.15) is 0 Å². The lowest BCUT2D eigenvalue weighted by Gasteiger charge is -2.24. The van der Waals surface area contributed by atoms with Crippen LogP contribution < -0.4 is 4.90 Å². The van der Waals surface area contributed by atoms with Crippen LogP contribution >= 0.6 is 23.4 Å². The molecule has 118 valence electrons. The number of thioether (sulfide) groups is 1. The van der Waals surface area contributed by atoms with Crippen molar-refractivity contribution in [3.05, 3.63) is 29.3 Å². The molecular weight excluding hydrogens is 344 g/mol. The highest BCUT2D eigenvalue weighted by molar-refractivity contribution is 8.16. The van der Waals surface area contributed by atoms with Crippen LogP contribution in [0, 0.1) is 0 Å². The Balaban J connectivity index is 2.01. The number of rotatable bonds is 2. The summed E-state index contributed by atoms with van der Waals surface area (Å²) in [5.74, 6) is 0.0163. The van der Waals surface area contributed by atoms with Gasteiger partial charge in [0, 0.05) is 22.4 Å². The minimum absolute atomic E-state index is 0.0796. The molecule has 0 saturated carbocycles. The molecule has 2 fully saturated rings. The highest BCUT2D eigenvalue weighted by Gasteiger charge is 2.49. The first-order valence-electron chi connectivity index (χ1n) is 6.93. The van der Waals surface area contributed by atoms with Crippen LogP contribution in [0.2, 0.25) is 5.02 Å². The van der Waals surface area contributed by atoms with E-state index in [-0.39, 0.29) is 28.7 Å². The minimum Gasteiger partial charge on any atom is -0.316 e. The summed E-state index contributed by atoms with van der Waals surface area (Å²) in [4.78, 5) is 17.7. The van der Waals surface area contributed by atoms with Gasteiger partial charge in [-0.2, -0.15) is 4.99 Å². The molecule has 0 aromatic heterocycles. The molecule has 0 N–H and O–H groups in total. The van der Waals surface area contributed by atoms with Gasteiger partial charge in [-0.25, -0.2) is 8.42 Å². The van der Waals surface area contributed by atoms with Gasteiger partial charge < -0.3 is 4.90 Å². The molecule has 0 spiro atoms. The average Bonchev–Trinajstić information content (AvgIpc) is 2.91. The molecule has 2 heterocycles. The van der Waals surface area contributed by atoms with Gasteiger partial charge in [-0.05, 0) is 24.3 Å². The number of amidine groups is 1. The Labute approximate surface area is 138 Å². The van der Waals surface area contributed by atoms with Crippen molar-refractivity contribution in [2.75, 3.05) is 16.4 Å². The number of sulfone groups is 1. The molecule has 1 aromatic carbocycles. The number of nitrogens with zero attached hydrogens (tertiary/aromatic N) is 2. The zero-order valence-electron chi connectivity index (χ0n) is 11.9. The molecule has 2 aliphatic heterocycles. The molecule has 5 nitrogen and oxygen atoms in total. The van der Waals surface area contributed by atoms with Crippen molar-refractivity contribution >= 4 is 50.0 Å². The van der Waals surface area contributed by atoms with Crippen LogP contribution in [-0.4, -0.2) is 42.3 Å². The van der Waals surface area contributed by atoms with E-state index in [0.29, 0.717) is 16.6 Å². The number of halogens is 1. The molecule has 22 heavy (non-hydrogen) atoms. The maximum absolute atomic E-state index is 11.9. The van der Waals surface area contributed by atoms with Crippen LogP contribution in [0.3, 0.4) is 0 Å². The Kier molecular flexibility index (Phi) is 4.22. The van der Waals surface area contributed by atoms with Gasteiger partial charge in [-0.3, -0.25) is 4.79 Å². The second-order valence-electron chi connectivity index (χ2n) is 5.29. The number of carbonyl (C=O) groups is 1. The maximum Gasteiger partial charge on any atom is 0.247 e. The van der Waals surface area contributed by atoms with E-state index in [1.54, 1.807) is 19.1 Å². The molecule has 1 amide bonds. The first-order valence-corrected chi connectivity index (χ1v) is 10.0. The molecule has 2 saturated heterocycles. The predicted octanol–water partition coefficient (Wildman–Crippen LogP) is 2.35. The van der Waals surface area contributed by atoms with E-state index in [4.69, 9.17) is 11.6 Å². The maximum atomic E-state index is 11.9. The predicted molar refractivity (Wildman–Crippen MR) is 90.5 cm³/mol. The molecule has 3 rings (SSSR count). The van der Waals surface area contributed by atoms with Crippen molar-refractivity contribution in [2.45, 2.75) is 24.6 Å². The Bertz CT molecular complexity index is 731. The van der Waals surface area contributed by atoms with Crippen molar-refractivity contribution in [3.63, 3.8) is 0 Å². The fourth-order valence-electron chi connectivity index (χ4n) is 2.65. The van der Waals surface area contributed by atoms with Crippen molar-refractivity contribution in [3.8, 4) is 0 Å². The Morgan fingerprint density at radius 3 is 2.68 bits per heavy atom. The summed E-state index contributed by atoms with van der Waals surface area (Å²) < 4.78 is 23.8. The van der Waals surface area contributed by atoms with E-state index < -0.39 is 9.84 Å². The second-order valence-corrected chi connectivity index (χ2v) is 9.09. The number of benzene rings is 1. The number of amides is 1. The normalized spacial score (nSPS) is 28.1. The van der Waals surface area contributed by atoms with E-state index >= 15 is 0 Å². The number of carbonyl (C=O) groups excluding carboxylic acids is 1. The number of hydrogen-bond acceptors (Lipinski definition) is 4. The average molecular weight is 359 g/mol. The molecule has 2 atom stereocenters. The lowest BCUT2D eigenvalue weighted by atomic mass is 10.2. The van der Waals surface area contributed by atoms with Gasteiger partial charge in [0.15, 0.2) is 15.0 Å². The molecule has 1 aromatic rings. The van der Waals surface area contributed by atoms with Crippen LogP contribution in [0.25, 0.3) is 0 Å². The lowest BCUT2D eigenvalue weighted by molar-refractivity contribution is -0.117. The van der Waals surface area contributed by atoms with Crippen LogP contribution in [0.4, 0.5) is 5.69 Å². The molecule has 0 bridgehead atoms. The van der Waals surface area contributed by atoms with E-state index in [9.17, 15) is 13.2 Å². The molecule has 8 heteroatoms. The summed E-state index contributed by atoms with van der Waals surface area (Å²) in [5.41, 5.74) is 0.809. The number of hydrogen-bond donors (Lipinski definition) is 0. The molecule has 0 radical (unpaired) electrons. The Morgan fingerprint density at radius 1 is 1.36 bits per heavy atom. The number of aliphatic imine (C=N–C) groups is 1. The van der Waals surface area contributed by atoms with Gasteiger partial charge in [-0.1, -0.05) is 30.3 Å². The van der Waals surface area contributed by atoms with E-state index in [1.165, 1.54) is 11.8 Å². The van der Waals surface area contributed by atoms with Crippen molar-refractivity contribution in [2.24, 2.45) is 4.99 Å². The number of fused-ring (bicyclic) bond motifs is 1. The summed E-state index contributed by atoms with van der Waals surface area (Å²) >= 11 is 7.29. The Hall–Kier alpha value is -1.05. The first-order chi connectivity index (χ1) is 10.4. The van der Waals surface area contributed by atoms with Gasteiger partial charge >= 0.3 is 0 Å². The zero-order chi connectivity index (χ0) is 15.9. The minimum atomic E-state index is -3.04. The van der Waals surface area contributed by atoms with Crippen LogP contribution in [-0.2, 0) is 14.6 Å². The van der Waals surface area contributed by atoms with Gasteiger partial charge in [0.2, 0.25) is 5.91 Å². The first kappa shape index (κ1) is 15.8. The van der Waals surface area contributed by atoms with Gasteiger partial charge in [-0.15, -0.1) is 0 Å². The summed E-state index contributed by atoms with van der Waals surface area (Å²) in [7, 11) is -3.04. The number of anilines is 1. The van der Waals surface area contributed by atoms with Crippen molar-refractivity contribution < 1.29 is 13.2 Å². The summed E-state index contributed by atoms with van der Waals surface area (Å²) in [5, 5.41) is 1.11. The molecule has 0 aliphatic carbocycles. The molecule has 2 aliphatic rings. The topological polar surface area (TPSA) is 66.8 Å². The largest absolute Gasteiger partial charge is 0.316 e. The van der Waals surface area contributed by atoms with Crippen LogP contribution in [0.1, 0.15) is 13.3 Å². The van der Waals surface area contributed by atoms with E-state index in [0.717, 1.165) is 5.69 Å². The molecule has 0 unspecified atom stereocenters. The van der Waals surface area contributed by atoms with Crippen molar-refractivity contribution in [1.29, 1.82) is 0 Å². The highest BCUT2D eigenvalue weighted by atomic mass is 35.5. The standard InChI is InChI=1S/C14H15ClN2O3S2/c1-2-13(18)16-14-17(10-5-3-9(15)4-6-10)11-7-22(19,20)8-12(11)21-14/h3-6,11-12H,2,7-8H2,1H3/t11-,12-/m0/s1. The third-order valence-electron chi connectivity index (χ3n) is 3.69. The second kappa shape index (κ2) is 5.86. The van der Waals surface area contributed by atoms with Gasteiger partial charge in [0.25, 0.3) is 0 Å². The summed E-state index contributed by atoms with van der Waals surface area (Å²) in [6.45, 7) is 1.75. The quantitative estimate of drug-likeness (QED) is 0.811. The SMILES string of the molecule is CCC(=O)N=C1S[C@H]2CS(=O)(=O)C[C@@H]2N1c1ccc(Cl)cc1. The van der Waals surface area contributed by atoms with Crippen LogP contribution in [0.15, 0.2) is 29.3 Å². The van der Waals surface area contributed by atoms with Crippen LogP contribution in [0.5, 0.6) is 0 Å². The van der Waals surface area contributed by atoms with E-state index in [1.807, 2.05) is 17.0 Å². The lowest BCUT2D eigenvalue weighted by Crippen LogP contribution is -2.37. The monoisotopic (exact) mass is 358 g/mol. The third kappa shape index (κ3) is 3.02. The van der Waals surface area contributed by atoms with E-state index in [2.05, 4.69) is 4.99 Å². The smallest absolute Gasteiger partial charge is 0.247 e. The fraction of sp³-hybridized carbons (Fsp3) is 0.429. The van der Waals surface area contributed by atoms with Crippen molar-refractivity contribution in [1.82, 2.24) is 0 Å². The summed E-state index contributed by atoms with van der Waals surface area (Å²) in [6.07, 6.45) is 0.326. The fourth-order valence-corrected chi connectivity index (χ4v) is 6.71. The highest BCUT2D eigenvalue weighted by Crippen LogP contribution is 2.41. The summed E-state index contributed by atoms with van der Waals surface area (Å²) in [6, 6.07) is 6.96.